The largest absolute Gasteiger partial charge is 2.00 e. The molecular weight excluding hydrogens is 207 g/mol. The van der Waals surface area contributed by atoms with Crippen molar-refractivity contribution in [1.82, 2.24) is 0 Å². The SMILES string of the molecule is O=S(=O)([O-])[O-].[Na+].[Sr+2]. The van der Waals surface area contributed by atoms with E-state index in [1.165, 1.54) is 0 Å². The number of hydrogen-bond donors (Lipinski definition) is 0. The van der Waals surface area contributed by atoms with E-state index in [1.807, 2.05) is 0 Å². The first-order valence-electron chi connectivity index (χ1n) is 0.667. The molecule has 7 heteroatoms. The molecule has 0 aliphatic heterocycles. The van der Waals surface area contributed by atoms with Crippen LogP contribution in [0.3, 0.4) is 0 Å². The van der Waals surface area contributed by atoms with E-state index in [0.29, 0.717) is 0 Å². The first kappa shape index (κ1) is 16.2. The molecule has 0 fully saturated rings. The van der Waals surface area contributed by atoms with Crippen LogP contribution in [0.5, 0.6) is 0 Å². The van der Waals surface area contributed by atoms with Crippen LogP contribution < -0.4 is 29.6 Å². The molecule has 0 rings (SSSR count). The molecule has 0 amide bonds. The maximum atomic E-state index is 8.52. The molecule has 0 atom stereocenters. The maximum Gasteiger partial charge on any atom is 2.00 e. The van der Waals surface area contributed by atoms with E-state index in [2.05, 4.69) is 0 Å². The first-order chi connectivity index (χ1) is 2.00. The van der Waals surface area contributed by atoms with Gasteiger partial charge in [0.25, 0.3) is 0 Å². The summed E-state index contributed by atoms with van der Waals surface area (Å²) in [5.41, 5.74) is 0. The fourth-order valence-corrected chi connectivity index (χ4v) is 0. The Morgan fingerprint density at radius 3 is 1.14 bits per heavy atom. The summed E-state index contributed by atoms with van der Waals surface area (Å²) in [6.45, 7) is 0. The molecule has 0 aromatic heterocycles. The van der Waals surface area contributed by atoms with Gasteiger partial charge in [-0.2, -0.15) is 0 Å². The van der Waals surface area contributed by atoms with Crippen LogP contribution in [0.15, 0.2) is 0 Å². The van der Waals surface area contributed by atoms with Gasteiger partial charge in [0.1, 0.15) is 0 Å². The van der Waals surface area contributed by atoms with Gasteiger partial charge in [-0.3, -0.25) is 8.42 Å². The van der Waals surface area contributed by atoms with Gasteiger partial charge in [0.05, 0.1) is 0 Å². The Morgan fingerprint density at radius 2 is 1.14 bits per heavy atom. The van der Waals surface area contributed by atoms with Gasteiger partial charge < -0.3 is 9.11 Å². The Balaban J connectivity index is -0.0000000800. The normalized spacial score (nSPS) is 8.29. The van der Waals surface area contributed by atoms with Crippen LogP contribution in [0.2, 0.25) is 0 Å². The van der Waals surface area contributed by atoms with Gasteiger partial charge in [-0.25, -0.2) is 0 Å². The number of rotatable bonds is 0. The van der Waals surface area contributed by atoms with Gasteiger partial charge >= 0.3 is 75.0 Å². The summed E-state index contributed by atoms with van der Waals surface area (Å²) in [6.07, 6.45) is 0. The Morgan fingerprint density at radius 1 is 1.14 bits per heavy atom. The van der Waals surface area contributed by atoms with Gasteiger partial charge in [-0.15, -0.1) is 0 Å². The first-order valence-corrected chi connectivity index (χ1v) is 2.00. The van der Waals surface area contributed by atoms with Gasteiger partial charge in [0, 0.05) is 10.4 Å². The Kier molecular flexibility index (Phi) is 14.9. The maximum absolute atomic E-state index is 8.52. The molecule has 4 nitrogen and oxygen atoms in total. The second-order valence-electron chi connectivity index (χ2n) is 0.408. The van der Waals surface area contributed by atoms with Crippen molar-refractivity contribution in [2.45, 2.75) is 0 Å². The van der Waals surface area contributed by atoms with Crippen LogP contribution in [0.1, 0.15) is 0 Å². The van der Waals surface area contributed by atoms with Crippen LogP contribution in [0.25, 0.3) is 0 Å². The monoisotopic (exact) mass is 207 g/mol. The second kappa shape index (κ2) is 6.47. The van der Waals surface area contributed by atoms with Gasteiger partial charge in [0.2, 0.25) is 0 Å². The van der Waals surface area contributed by atoms with Crippen molar-refractivity contribution >= 4 is 55.9 Å². The molecule has 0 saturated heterocycles. The van der Waals surface area contributed by atoms with Crippen molar-refractivity contribution in [3.05, 3.63) is 0 Å². The zero-order valence-corrected chi connectivity index (χ0v) is 10.0. The molecule has 0 aromatic carbocycles. The van der Waals surface area contributed by atoms with E-state index in [-0.39, 0.29) is 75.0 Å². The molecule has 7 heavy (non-hydrogen) atoms. The van der Waals surface area contributed by atoms with Crippen molar-refractivity contribution in [2.75, 3.05) is 0 Å². The third-order valence-corrected chi connectivity index (χ3v) is 0. The molecule has 0 aliphatic carbocycles. The summed E-state index contributed by atoms with van der Waals surface area (Å²) in [6, 6.07) is 0. The van der Waals surface area contributed by atoms with Gasteiger partial charge in [-0.1, -0.05) is 0 Å². The topological polar surface area (TPSA) is 80.3 Å². The Labute approximate surface area is 101 Å². The van der Waals surface area contributed by atoms with Crippen molar-refractivity contribution < 1.29 is 47.1 Å². The van der Waals surface area contributed by atoms with Crippen molar-refractivity contribution in [2.24, 2.45) is 0 Å². The van der Waals surface area contributed by atoms with E-state index >= 15 is 0 Å². The van der Waals surface area contributed by atoms with Crippen molar-refractivity contribution in [3.63, 3.8) is 0 Å². The minimum Gasteiger partial charge on any atom is -0.759 e. The standard InChI is InChI=1S/Na.H2O4S.Sr/c;1-5(2,3)4;/h;(H2,1,2,3,4);/q+1;;+2/p-2. The minimum absolute atomic E-state index is 0. The van der Waals surface area contributed by atoms with E-state index in [1.54, 1.807) is 0 Å². The molecule has 32 valence electrons. The zero-order valence-electron chi connectivity index (χ0n) is 3.75. The summed E-state index contributed by atoms with van der Waals surface area (Å²) in [7, 11) is -5.17. The van der Waals surface area contributed by atoms with E-state index < -0.39 is 10.4 Å². The van der Waals surface area contributed by atoms with Crippen LogP contribution >= 0.6 is 0 Å². The van der Waals surface area contributed by atoms with Crippen molar-refractivity contribution in [1.29, 1.82) is 0 Å². The summed E-state index contributed by atoms with van der Waals surface area (Å²) in [5.74, 6) is 0. The molecular formula is NaO4SSr+. The predicted octanol–water partition coefficient (Wildman–Crippen LogP) is -4.71. The third-order valence-electron chi connectivity index (χ3n) is 0. The second-order valence-corrected chi connectivity index (χ2v) is 1.22. The summed E-state index contributed by atoms with van der Waals surface area (Å²) < 4.78 is 34.1. The molecule has 0 bridgehead atoms. The smallest absolute Gasteiger partial charge is 0.759 e. The van der Waals surface area contributed by atoms with Crippen LogP contribution in [0.4, 0.5) is 0 Å². The fourth-order valence-electron chi connectivity index (χ4n) is 0. The van der Waals surface area contributed by atoms with Crippen LogP contribution in [0, 0.1) is 0 Å². The van der Waals surface area contributed by atoms with Gasteiger partial charge in [0.15, 0.2) is 0 Å². The molecule has 0 heterocycles. The van der Waals surface area contributed by atoms with Gasteiger partial charge in [-0.05, 0) is 0 Å². The molecule has 0 radical (unpaired) electrons. The third kappa shape index (κ3) is 61.0. The minimum atomic E-state index is -5.17. The fraction of sp³-hybridized carbons (Fsp3) is 0. The molecule has 0 N–H and O–H groups in total. The van der Waals surface area contributed by atoms with E-state index in [0.717, 1.165) is 0 Å². The molecule has 0 aromatic rings. The van der Waals surface area contributed by atoms with Crippen molar-refractivity contribution in [3.8, 4) is 0 Å². The number of hydrogen-bond acceptors (Lipinski definition) is 4. The van der Waals surface area contributed by atoms with E-state index in [9.17, 15) is 0 Å². The average molecular weight is 207 g/mol. The Bertz CT molecular complexity index is 94.9. The average Bonchev–Trinajstić information content (AvgIpc) is 0.722. The molecule has 0 saturated carbocycles. The quantitative estimate of drug-likeness (QED) is 0.227. The predicted molar refractivity (Wildman–Crippen MR) is 16.2 cm³/mol. The van der Waals surface area contributed by atoms with Crippen LogP contribution in [-0.2, 0) is 10.4 Å². The Hall–Kier alpha value is 2.35. The summed E-state index contributed by atoms with van der Waals surface area (Å²) in [5, 5.41) is 0. The molecule has 0 unspecified atom stereocenters. The molecule has 0 aliphatic rings. The molecule has 0 spiro atoms. The van der Waals surface area contributed by atoms with Crippen LogP contribution in [-0.4, -0.2) is 63.0 Å². The zero-order chi connectivity index (χ0) is 4.50. The summed E-state index contributed by atoms with van der Waals surface area (Å²) >= 11 is 0. The van der Waals surface area contributed by atoms with E-state index in [4.69, 9.17) is 17.5 Å². The summed E-state index contributed by atoms with van der Waals surface area (Å²) in [4.78, 5) is 0.